The van der Waals surface area contributed by atoms with Crippen molar-refractivity contribution in [1.29, 1.82) is 0 Å². The van der Waals surface area contributed by atoms with Crippen molar-refractivity contribution in [3.05, 3.63) is 30.0 Å². The van der Waals surface area contributed by atoms with Crippen LogP contribution in [-0.4, -0.2) is 25.7 Å². The Hall–Kier alpha value is -2.22. The molecule has 0 fully saturated rings. The molecule has 0 aliphatic carbocycles. The topological polar surface area (TPSA) is 85.3 Å². The van der Waals surface area contributed by atoms with E-state index in [-0.39, 0.29) is 11.7 Å². The Kier molecular flexibility index (Phi) is 3.46. The number of anilines is 1. The smallest absolute Gasteiger partial charge is 0.293 e. The first-order chi connectivity index (χ1) is 9.78. The first-order valence-corrected chi connectivity index (χ1v) is 7.15. The number of rotatable bonds is 5. The van der Waals surface area contributed by atoms with Gasteiger partial charge in [0, 0.05) is 6.42 Å². The molecule has 8 heteroatoms. The summed E-state index contributed by atoms with van der Waals surface area (Å²) in [5, 5.41) is 15.6. The van der Waals surface area contributed by atoms with Crippen molar-refractivity contribution in [2.75, 3.05) is 5.32 Å². The molecule has 0 bridgehead atoms. The van der Waals surface area contributed by atoms with E-state index in [1.807, 2.05) is 0 Å². The lowest BCUT2D eigenvalue weighted by Gasteiger charge is -1.97. The van der Waals surface area contributed by atoms with Gasteiger partial charge in [-0.25, -0.2) is 0 Å². The van der Waals surface area contributed by atoms with Crippen LogP contribution in [0.3, 0.4) is 0 Å². The summed E-state index contributed by atoms with van der Waals surface area (Å²) in [6.45, 7) is 2.12. The molecule has 0 aliphatic heterocycles. The fraction of sp³-hybridized carbons (Fsp3) is 0.333. The number of carbonyl (C=O) groups is 1. The molecule has 1 amide bonds. The molecule has 0 unspecified atom stereocenters. The van der Waals surface area contributed by atoms with Crippen molar-refractivity contribution in [2.45, 2.75) is 26.2 Å². The van der Waals surface area contributed by atoms with Gasteiger partial charge in [0.25, 0.3) is 5.91 Å². The minimum absolute atomic E-state index is 0.252. The number of hydrogen-bond acceptors (Lipinski definition) is 6. The highest BCUT2D eigenvalue weighted by Crippen LogP contribution is 2.20. The Labute approximate surface area is 118 Å². The minimum atomic E-state index is -0.324. The van der Waals surface area contributed by atoms with Crippen LogP contribution in [-0.2, 0) is 6.42 Å². The van der Waals surface area contributed by atoms with Crippen molar-refractivity contribution in [3.63, 3.8) is 0 Å². The predicted octanol–water partition coefficient (Wildman–Crippen LogP) is 2.37. The predicted molar refractivity (Wildman–Crippen MR) is 73.9 cm³/mol. The van der Waals surface area contributed by atoms with Crippen molar-refractivity contribution < 1.29 is 9.21 Å². The van der Waals surface area contributed by atoms with Gasteiger partial charge in [-0.1, -0.05) is 24.7 Å². The van der Waals surface area contributed by atoms with E-state index in [1.165, 1.54) is 17.6 Å². The van der Waals surface area contributed by atoms with E-state index >= 15 is 0 Å². The van der Waals surface area contributed by atoms with Crippen LogP contribution in [0.4, 0.5) is 5.13 Å². The Morgan fingerprint density at radius 3 is 3.15 bits per heavy atom. The number of furan rings is 1. The second-order valence-corrected chi connectivity index (χ2v) is 5.21. The van der Waals surface area contributed by atoms with Gasteiger partial charge in [-0.15, -0.1) is 15.3 Å². The van der Waals surface area contributed by atoms with Crippen LogP contribution in [0.2, 0.25) is 0 Å². The van der Waals surface area contributed by atoms with Gasteiger partial charge in [-0.05, 0) is 18.6 Å². The van der Waals surface area contributed by atoms with Crippen molar-refractivity contribution >= 4 is 27.3 Å². The first kappa shape index (κ1) is 12.8. The zero-order valence-electron chi connectivity index (χ0n) is 10.9. The summed E-state index contributed by atoms with van der Waals surface area (Å²) in [5.74, 6) is 0.744. The maximum Gasteiger partial charge on any atom is 0.293 e. The lowest BCUT2D eigenvalue weighted by Crippen LogP contribution is -2.11. The fourth-order valence-corrected chi connectivity index (χ4v) is 2.52. The number of hydrogen-bond donors (Lipinski definition) is 1. The van der Waals surface area contributed by atoms with Crippen molar-refractivity contribution in [1.82, 2.24) is 19.8 Å². The SMILES string of the molecule is CCCCc1nnc2sc(NC(=O)c3ccco3)nn12. The molecular formula is C12H13N5O2S. The Bertz CT molecular complexity index is 715. The summed E-state index contributed by atoms with van der Waals surface area (Å²) in [4.78, 5) is 12.5. The van der Waals surface area contributed by atoms with Gasteiger partial charge in [0.2, 0.25) is 10.1 Å². The molecule has 3 rings (SSSR count). The van der Waals surface area contributed by atoms with Crippen LogP contribution in [0.5, 0.6) is 0 Å². The molecule has 0 aliphatic rings. The van der Waals surface area contributed by atoms with Gasteiger partial charge in [0.1, 0.15) is 0 Å². The largest absolute Gasteiger partial charge is 0.459 e. The van der Waals surface area contributed by atoms with Gasteiger partial charge < -0.3 is 4.42 Å². The Morgan fingerprint density at radius 2 is 2.40 bits per heavy atom. The Balaban J connectivity index is 1.79. The van der Waals surface area contributed by atoms with Crippen LogP contribution in [0.1, 0.15) is 36.1 Å². The maximum atomic E-state index is 11.8. The summed E-state index contributed by atoms with van der Waals surface area (Å²) in [6.07, 6.45) is 4.40. The molecule has 3 aromatic heterocycles. The fourth-order valence-electron chi connectivity index (χ4n) is 1.77. The highest BCUT2D eigenvalue weighted by atomic mass is 32.1. The van der Waals surface area contributed by atoms with Gasteiger partial charge in [-0.3, -0.25) is 10.1 Å². The molecule has 0 atom stereocenters. The van der Waals surface area contributed by atoms with Crippen LogP contribution in [0, 0.1) is 0 Å². The zero-order valence-corrected chi connectivity index (χ0v) is 11.7. The monoisotopic (exact) mass is 291 g/mol. The number of carbonyl (C=O) groups excluding carboxylic acids is 1. The van der Waals surface area contributed by atoms with E-state index in [1.54, 1.807) is 16.6 Å². The molecule has 0 radical (unpaired) electrons. The third-order valence-corrected chi connectivity index (χ3v) is 3.59. The molecule has 1 N–H and O–H groups in total. The summed E-state index contributed by atoms with van der Waals surface area (Å²) in [7, 11) is 0. The molecule has 3 aromatic rings. The lowest BCUT2D eigenvalue weighted by atomic mass is 10.2. The average Bonchev–Trinajstić information content (AvgIpc) is 3.13. The number of aromatic nitrogens is 4. The summed E-state index contributed by atoms with van der Waals surface area (Å²) >= 11 is 1.28. The number of nitrogens with zero attached hydrogens (tertiary/aromatic N) is 4. The van der Waals surface area contributed by atoms with Gasteiger partial charge in [0.15, 0.2) is 11.6 Å². The third-order valence-electron chi connectivity index (χ3n) is 2.77. The third kappa shape index (κ3) is 2.42. The van der Waals surface area contributed by atoms with Crippen LogP contribution < -0.4 is 5.32 Å². The first-order valence-electron chi connectivity index (χ1n) is 6.34. The Morgan fingerprint density at radius 1 is 1.50 bits per heavy atom. The molecule has 7 nitrogen and oxygen atoms in total. The molecule has 0 saturated carbocycles. The van der Waals surface area contributed by atoms with Gasteiger partial charge in [0.05, 0.1) is 6.26 Å². The van der Waals surface area contributed by atoms with E-state index in [0.717, 1.165) is 25.1 Å². The molecule has 104 valence electrons. The molecule has 3 heterocycles. The quantitative estimate of drug-likeness (QED) is 0.780. The molecule has 0 saturated heterocycles. The van der Waals surface area contributed by atoms with Crippen LogP contribution in [0.15, 0.2) is 22.8 Å². The van der Waals surface area contributed by atoms with Gasteiger partial charge >= 0.3 is 0 Å². The van der Waals surface area contributed by atoms with E-state index in [2.05, 4.69) is 27.5 Å². The second-order valence-electron chi connectivity index (χ2n) is 4.25. The standard InChI is InChI=1S/C12H13N5O2S/c1-2-3-6-9-14-15-12-17(9)16-11(20-12)13-10(18)8-5-4-7-19-8/h4-5,7H,2-3,6H2,1H3,(H,13,16,18). The zero-order chi connectivity index (χ0) is 13.9. The minimum Gasteiger partial charge on any atom is -0.459 e. The average molecular weight is 291 g/mol. The lowest BCUT2D eigenvalue weighted by molar-refractivity contribution is 0.0996. The van der Waals surface area contributed by atoms with Gasteiger partial charge in [-0.2, -0.15) is 4.52 Å². The number of aryl methyl sites for hydroxylation is 1. The number of fused-ring (bicyclic) bond motifs is 1. The summed E-state index contributed by atoms with van der Waals surface area (Å²) in [5.41, 5.74) is 0. The number of amides is 1. The van der Waals surface area contributed by atoms with E-state index < -0.39 is 0 Å². The van der Waals surface area contributed by atoms with Crippen molar-refractivity contribution in [2.24, 2.45) is 0 Å². The molecular weight excluding hydrogens is 278 g/mol. The molecule has 20 heavy (non-hydrogen) atoms. The van der Waals surface area contributed by atoms with Crippen LogP contribution >= 0.6 is 11.3 Å². The second kappa shape index (κ2) is 5.41. The normalized spacial score (nSPS) is 11.1. The summed E-state index contributed by atoms with van der Waals surface area (Å²) in [6, 6.07) is 3.26. The highest BCUT2D eigenvalue weighted by molar-refractivity contribution is 7.20. The molecule has 0 aromatic carbocycles. The number of unbranched alkanes of at least 4 members (excludes halogenated alkanes) is 1. The van der Waals surface area contributed by atoms with E-state index in [0.29, 0.717) is 10.1 Å². The van der Waals surface area contributed by atoms with Crippen molar-refractivity contribution in [3.8, 4) is 0 Å². The van der Waals surface area contributed by atoms with E-state index in [4.69, 9.17) is 4.42 Å². The molecule has 0 spiro atoms. The van der Waals surface area contributed by atoms with E-state index in [9.17, 15) is 4.79 Å². The number of nitrogens with one attached hydrogen (secondary N) is 1. The summed E-state index contributed by atoms with van der Waals surface area (Å²) < 4.78 is 6.71. The maximum absolute atomic E-state index is 11.8. The van der Waals surface area contributed by atoms with Crippen LogP contribution in [0.25, 0.3) is 4.96 Å². The highest BCUT2D eigenvalue weighted by Gasteiger charge is 2.15.